The van der Waals surface area contributed by atoms with Crippen LogP contribution >= 0.6 is 0 Å². The Morgan fingerprint density at radius 2 is 1.88 bits per heavy atom. The van der Waals surface area contributed by atoms with Crippen molar-refractivity contribution in [2.45, 2.75) is 13.3 Å². The van der Waals surface area contributed by atoms with Gasteiger partial charge in [-0.15, -0.1) is 0 Å². The molecule has 0 unspecified atom stereocenters. The van der Waals surface area contributed by atoms with Crippen LogP contribution in [0.2, 0.25) is 0 Å². The van der Waals surface area contributed by atoms with Crippen LogP contribution in [0.3, 0.4) is 0 Å². The Bertz CT molecular complexity index is 1580. The summed E-state index contributed by atoms with van der Waals surface area (Å²) < 4.78 is 24.0. The van der Waals surface area contributed by atoms with Crippen LogP contribution in [0.15, 0.2) is 66.8 Å². The molecular weight excluding hydrogens is 516 g/mol. The Balaban J connectivity index is 1.33. The molecule has 0 fully saturated rings. The van der Waals surface area contributed by atoms with Gasteiger partial charge in [0.05, 0.1) is 51.3 Å². The van der Waals surface area contributed by atoms with Crippen molar-refractivity contribution < 1.29 is 23.7 Å². The molecule has 3 N–H and O–H groups in total. The van der Waals surface area contributed by atoms with Crippen molar-refractivity contribution in [1.29, 1.82) is 0 Å². The minimum absolute atomic E-state index is 0.0619. The second-order valence-electron chi connectivity index (χ2n) is 8.31. The first-order chi connectivity index (χ1) is 19.5. The quantitative estimate of drug-likeness (QED) is 0.318. The fourth-order valence-electron chi connectivity index (χ4n) is 3.90. The molecule has 13 heteroatoms. The number of nitrogen functional groups attached to an aromatic ring is 1. The van der Waals surface area contributed by atoms with Crippen LogP contribution < -0.4 is 20.5 Å². The van der Waals surface area contributed by atoms with E-state index in [2.05, 4.69) is 30.4 Å². The van der Waals surface area contributed by atoms with Crippen LogP contribution in [-0.4, -0.2) is 56.5 Å². The lowest BCUT2D eigenvalue weighted by molar-refractivity contribution is 0.101. The predicted molar refractivity (Wildman–Crippen MR) is 145 cm³/mol. The summed E-state index contributed by atoms with van der Waals surface area (Å²) in [7, 11) is 3.16. The Kier molecular flexibility index (Phi) is 7.53. The number of nitrogens with zero attached hydrogens (tertiary/aromatic N) is 6. The molecule has 0 atom stereocenters. The molecule has 4 aromatic rings. The number of anilines is 2. The molecule has 0 radical (unpaired) electrons. The highest BCUT2D eigenvalue weighted by atomic mass is 16.5. The van der Waals surface area contributed by atoms with Gasteiger partial charge in [-0.1, -0.05) is 0 Å². The van der Waals surface area contributed by atoms with Gasteiger partial charge in [0.25, 0.3) is 5.91 Å². The van der Waals surface area contributed by atoms with E-state index in [4.69, 9.17) is 24.7 Å². The number of nitrogens with one attached hydrogen (secondary N) is 1. The molecule has 4 aromatic heterocycles. The van der Waals surface area contributed by atoms with Gasteiger partial charge in [-0.3, -0.25) is 9.78 Å². The minimum Gasteiger partial charge on any atom is -0.493 e. The van der Waals surface area contributed by atoms with E-state index in [1.54, 1.807) is 44.8 Å². The van der Waals surface area contributed by atoms with Gasteiger partial charge < -0.3 is 30.0 Å². The summed E-state index contributed by atoms with van der Waals surface area (Å²) in [6, 6.07) is 5.07. The van der Waals surface area contributed by atoms with E-state index in [0.717, 1.165) is 11.3 Å². The molecule has 0 bridgehead atoms. The van der Waals surface area contributed by atoms with Crippen molar-refractivity contribution in [2.75, 3.05) is 31.9 Å². The summed E-state index contributed by atoms with van der Waals surface area (Å²) >= 11 is 0. The minimum atomic E-state index is -0.509. The lowest BCUT2D eigenvalue weighted by Gasteiger charge is -2.12. The molecular formula is C27H26N8O5. The zero-order chi connectivity index (χ0) is 28.1. The number of hydrogen-bond donors (Lipinski definition) is 2. The predicted octanol–water partition coefficient (Wildman–Crippen LogP) is 3.55. The average Bonchev–Trinajstić information content (AvgIpc) is 3.29. The van der Waals surface area contributed by atoms with Crippen molar-refractivity contribution in [3.05, 3.63) is 83.7 Å². The standard InChI is InChI=1S/C27H26N8O5/c1-4-39-22-15-35(25-14-30-23(28)13-32-25)34-26(22)27(36)33-24-8-5-16(12-31-24)40-19-9-10-29-18-6-7-20(37-2)21(38-3)11-17(18)19/h5,7-15H,4,6H2,1-3H3,(H2,28,30)(H,31,33,36). The Hall–Kier alpha value is -5.46. The summed E-state index contributed by atoms with van der Waals surface area (Å²) in [5, 5.41) is 7.05. The van der Waals surface area contributed by atoms with Crippen molar-refractivity contribution in [1.82, 2.24) is 29.7 Å². The van der Waals surface area contributed by atoms with Gasteiger partial charge in [0, 0.05) is 18.2 Å². The van der Waals surface area contributed by atoms with Gasteiger partial charge >= 0.3 is 0 Å². The van der Waals surface area contributed by atoms with Crippen LogP contribution in [0.1, 0.15) is 28.7 Å². The number of amides is 1. The molecule has 204 valence electrons. The number of fused-ring (bicyclic) bond motifs is 1. The molecule has 13 nitrogen and oxygen atoms in total. The summed E-state index contributed by atoms with van der Waals surface area (Å²) in [4.78, 5) is 30.0. The molecule has 1 aliphatic carbocycles. The van der Waals surface area contributed by atoms with Crippen molar-refractivity contribution >= 4 is 23.6 Å². The summed E-state index contributed by atoms with van der Waals surface area (Å²) in [5.74, 6) is 2.93. The van der Waals surface area contributed by atoms with Gasteiger partial charge in [0.1, 0.15) is 23.1 Å². The summed E-state index contributed by atoms with van der Waals surface area (Å²) in [6.45, 7) is 2.15. The first-order valence-corrected chi connectivity index (χ1v) is 12.2. The van der Waals surface area contributed by atoms with E-state index in [1.807, 2.05) is 19.1 Å². The maximum absolute atomic E-state index is 13.1. The first kappa shape index (κ1) is 26.2. The molecule has 0 aromatic carbocycles. The highest BCUT2D eigenvalue weighted by molar-refractivity contribution is 6.04. The molecule has 0 spiro atoms. The molecule has 0 aliphatic heterocycles. The zero-order valence-corrected chi connectivity index (χ0v) is 22.0. The average molecular weight is 543 g/mol. The van der Waals surface area contributed by atoms with Crippen LogP contribution in [0.25, 0.3) is 11.9 Å². The fraction of sp³-hybridized carbons (Fsp3) is 0.185. The van der Waals surface area contributed by atoms with Crippen LogP contribution in [0.4, 0.5) is 11.6 Å². The number of aromatic nitrogens is 6. The van der Waals surface area contributed by atoms with Gasteiger partial charge in [0.2, 0.25) is 0 Å². The Morgan fingerprint density at radius 3 is 2.58 bits per heavy atom. The smallest absolute Gasteiger partial charge is 0.281 e. The second-order valence-corrected chi connectivity index (χ2v) is 8.31. The first-order valence-electron chi connectivity index (χ1n) is 12.2. The third-order valence-corrected chi connectivity index (χ3v) is 5.77. The zero-order valence-electron chi connectivity index (χ0n) is 22.0. The van der Waals surface area contributed by atoms with E-state index < -0.39 is 5.91 Å². The summed E-state index contributed by atoms with van der Waals surface area (Å²) in [6.07, 6.45) is 11.8. The lowest BCUT2D eigenvalue weighted by Crippen LogP contribution is -2.15. The van der Waals surface area contributed by atoms with Crippen LogP contribution in [0, 0.1) is 0 Å². The van der Waals surface area contributed by atoms with Crippen molar-refractivity contribution in [2.24, 2.45) is 0 Å². The van der Waals surface area contributed by atoms with Crippen molar-refractivity contribution in [3.63, 3.8) is 0 Å². The molecule has 5 rings (SSSR count). The van der Waals surface area contributed by atoms with Gasteiger partial charge in [0.15, 0.2) is 28.8 Å². The van der Waals surface area contributed by atoms with E-state index in [0.29, 0.717) is 47.7 Å². The lowest BCUT2D eigenvalue weighted by atomic mass is 10.1. The third-order valence-electron chi connectivity index (χ3n) is 5.77. The Morgan fingerprint density at radius 1 is 1.02 bits per heavy atom. The number of hydrogen-bond acceptors (Lipinski definition) is 11. The molecule has 0 saturated heterocycles. The number of allylic oxidation sites excluding steroid dienone is 1. The van der Waals surface area contributed by atoms with E-state index in [9.17, 15) is 4.79 Å². The molecule has 0 saturated carbocycles. The third kappa shape index (κ3) is 5.53. The number of carbonyl (C=O) groups excluding carboxylic acids is 1. The fourth-order valence-corrected chi connectivity index (χ4v) is 3.90. The molecule has 40 heavy (non-hydrogen) atoms. The van der Waals surface area contributed by atoms with E-state index in [1.165, 1.54) is 23.3 Å². The van der Waals surface area contributed by atoms with Crippen molar-refractivity contribution in [3.8, 4) is 23.1 Å². The number of methoxy groups -OCH3 is 2. The monoisotopic (exact) mass is 542 g/mol. The normalized spacial score (nSPS) is 12.4. The molecule has 4 heterocycles. The number of carbonyl (C=O) groups is 1. The van der Waals surface area contributed by atoms with Crippen LogP contribution in [-0.2, 0) is 15.9 Å². The molecule has 1 aliphatic rings. The van der Waals surface area contributed by atoms with Crippen LogP contribution in [0.5, 0.6) is 17.2 Å². The van der Waals surface area contributed by atoms with Gasteiger partial charge in [-0.25, -0.2) is 19.6 Å². The number of pyridine rings is 2. The Labute approximate surface area is 229 Å². The maximum Gasteiger partial charge on any atom is 0.281 e. The maximum atomic E-state index is 13.1. The topological polar surface area (TPSA) is 161 Å². The van der Waals surface area contributed by atoms with E-state index >= 15 is 0 Å². The van der Waals surface area contributed by atoms with Gasteiger partial charge in [-0.05, 0) is 37.3 Å². The number of nitrogens with two attached hydrogens (primary N) is 1. The highest BCUT2D eigenvalue weighted by Crippen LogP contribution is 2.32. The summed E-state index contributed by atoms with van der Waals surface area (Å²) in [5.41, 5.74) is 7.25. The highest BCUT2D eigenvalue weighted by Gasteiger charge is 2.21. The number of rotatable bonds is 9. The number of ether oxygens (including phenoxy) is 4. The second kappa shape index (κ2) is 11.5. The largest absolute Gasteiger partial charge is 0.493 e. The SMILES string of the molecule is CCOc1cn(-c2cnc(N)cn2)nc1C(=O)Nc1ccc(Oc2ccnc3c2C=C(OC)C(OC)=CC3)cn1. The molecule has 1 amide bonds. The van der Waals surface area contributed by atoms with E-state index in [-0.39, 0.29) is 17.3 Å². The van der Waals surface area contributed by atoms with Gasteiger partial charge in [-0.2, -0.15) is 5.10 Å².